The Morgan fingerprint density at radius 1 is 1.33 bits per heavy atom. The molecule has 3 aliphatic rings. The first-order valence-corrected chi connectivity index (χ1v) is 8.28. The van der Waals surface area contributed by atoms with E-state index >= 15 is 0 Å². The summed E-state index contributed by atoms with van der Waals surface area (Å²) in [5.74, 6) is 0.237. The van der Waals surface area contributed by atoms with Gasteiger partial charge in [0.2, 0.25) is 0 Å². The van der Waals surface area contributed by atoms with E-state index < -0.39 is 5.97 Å². The average Bonchev–Trinajstić information content (AvgIpc) is 3.12. The third kappa shape index (κ3) is 2.54. The van der Waals surface area contributed by atoms with Crippen LogP contribution in [0.4, 0.5) is 5.69 Å². The number of nitrogens with zero attached hydrogens (tertiary/aromatic N) is 4. The molecule has 0 spiro atoms. The highest BCUT2D eigenvalue weighted by atomic mass is 16.5. The second-order valence-corrected chi connectivity index (χ2v) is 6.58. The van der Waals surface area contributed by atoms with Gasteiger partial charge < -0.3 is 15.4 Å². The molecular weight excluding hydrogens is 306 g/mol. The molecule has 0 amide bonds. The minimum atomic E-state index is -0.445. The smallest absolute Gasteiger partial charge is 0.339 e. The summed E-state index contributed by atoms with van der Waals surface area (Å²) >= 11 is 0. The summed E-state index contributed by atoms with van der Waals surface area (Å²) in [5, 5.41) is 8.65. The number of fused-ring (bicyclic) bond motifs is 3. The molecule has 3 aliphatic heterocycles. The van der Waals surface area contributed by atoms with E-state index in [1.807, 2.05) is 16.9 Å². The van der Waals surface area contributed by atoms with Gasteiger partial charge in [0.15, 0.2) is 0 Å². The second kappa shape index (κ2) is 5.90. The summed E-state index contributed by atoms with van der Waals surface area (Å²) in [6.07, 6.45) is 4.43. The summed E-state index contributed by atoms with van der Waals surface area (Å²) in [5.41, 5.74) is 8.18. The van der Waals surface area contributed by atoms with Crippen molar-refractivity contribution in [1.29, 1.82) is 0 Å². The number of benzene rings is 1. The molecule has 1 aromatic heterocycles. The quantitative estimate of drug-likeness (QED) is 0.680. The molecule has 3 fully saturated rings. The molecular formula is C17H21N5O2. The van der Waals surface area contributed by atoms with E-state index in [-0.39, 0.29) is 0 Å². The number of carbonyl (C=O) groups excluding carboxylic acids is 1. The number of anilines is 1. The maximum absolute atomic E-state index is 11.8. The van der Waals surface area contributed by atoms with Crippen LogP contribution in [-0.2, 0) is 4.74 Å². The monoisotopic (exact) mass is 327 g/mol. The fourth-order valence-corrected chi connectivity index (χ4v) is 3.81. The zero-order chi connectivity index (χ0) is 16.7. The van der Waals surface area contributed by atoms with E-state index in [0.29, 0.717) is 23.2 Å². The number of ether oxygens (including phenoxy) is 1. The Bertz CT molecular complexity index is 764. The summed E-state index contributed by atoms with van der Waals surface area (Å²) in [7, 11) is 1.35. The summed E-state index contributed by atoms with van der Waals surface area (Å²) < 4.78 is 6.76. The van der Waals surface area contributed by atoms with Crippen LogP contribution in [0.15, 0.2) is 24.4 Å². The fourth-order valence-electron chi connectivity index (χ4n) is 3.81. The minimum Gasteiger partial charge on any atom is -0.465 e. The number of carbonyl (C=O) groups is 1. The molecule has 0 saturated carbocycles. The minimum absolute atomic E-state index is 0.354. The largest absolute Gasteiger partial charge is 0.465 e. The Labute approximate surface area is 140 Å². The molecule has 0 aliphatic carbocycles. The highest BCUT2D eigenvalue weighted by Crippen LogP contribution is 2.35. The van der Waals surface area contributed by atoms with Crippen molar-refractivity contribution in [2.45, 2.75) is 18.9 Å². The molecule has 1 aromatic carbocycles. The third-order valence-corrected chi connectivity index (χ3v) is 5.23. The lowest BCUT2D eigenvalue weighted by Gasteiger charge is -2.44. The SMILES string of the molecule is COC(=O)c1cc(-c2cn(C3CN4CCC3CC4)nn2)ccc1N. The lowest BCUT2D eigenvalue weighted by Crippen LogP contribution is -2.48. The van der Waals surface area contributed by atoms with Crippen molar-refractivity contribution >= 4 is 11.7 Å². The van der Waals surface area contributed by atoms with Gasteiger partial charge in [-0.25, -0.2) is 9.48 Å². The number of hydrogen-bond donors (Lipinski definition) is 1. The van der Waals surface area contributed by atoms with Crippen molar-refractivity contribution in [2.24, 2.45) is 5.92 Å². The van der Waals surface area contributed by atoms with Crippen LogP contribution in [0.2, 0.25) is 0 Å². The normalized spacial score (nSPS) is 25.6. The van der Waals surface area contributed by atoms with Crippen molar-refractivity contribution in [3.8, 4) is 11.3 Å². The predicted octanol–water partition coefficient (Wildman–Crippen LogP) is 1.58. The molecule has 3 saturated heterocycles. The van der Waals surface area contributed by atoms with Gasteiger partial charge in [0.05, 0.1) is 24.9 Å². The predicted molar refractivity (Wildman–Crippen MR) is 89.4 cm³/mol. The van der Waals surface area contributed by atoms with Gasteiger partial charge in [-0.15, -0.1) is 5.10 Å². The van der Waals surface area contributed by atoms with Crippen LogP contribution >= 0.6 is 0 Å². The van der Waals surface area contributed by atoms with Crippen molar-refractivity contribution < 1.29 is 9.53 Å². The van der Waals surface area contributed by atoms with Gasteiger partial charge >= 0.3 is 5.97 Å². The molecule has 5 rings (SSSR count). The number of hydrogen-bond acceptors (Lipinski definition) is 6. The molecule has 7 nitrogen and oxygen atoms in total. The maximum atomic E-state index is 11.8. The first kappa shape index (κ1) is 15.1. The Hall–Kier alpha value is -2.41. The number of methoxy groups -OCH3 is 1. The van der Waals surface area contributed by atoms with Crippen LogP contribution in [0.25, 0.3) is 11.3 Å². The first-order chi connectivity index (χ1) is 11.7. The highest BCUT2D eigenvalue weighted by molar-refractivity contribution is 5.96. The van der Waals surface area contributed by atoms with E-state index in [1.54, 1.807) is 12.1 Å². The number of esters is 1. The molecule has 2 N–H and O–H groups in total. The van der Waals surface area contributed by atoms with E-state index in [2.05, 4.69) is 15.2 Å². The molecule has 1 unspecified atom stereocenters. The Morgan fingerprint density at radius 3 is 2.79 bits per heavy atom. The molecule has 0 radical (unpaired) electrons. The number of nitrogens with two attached hydrogens (primary N) is 1. The topological polar surface area (TPSA) is 86.3 Å². The van der Waals surface area contributed by atoms with Crippen LogP contribution in [0.3, 0.4) is 0 Å². The third-order valence-electron chi connectivity index (χ3n) is 5.23. The number of aromatic nitrogens is 3. The molecule has 7 heteroatoms. The van der Waals surface area contributed by atoms with E-state index in [4.69, 9.17) is 10.5 Å². The lowest BCUT2D eigenvalue weighted by molar-refractivity contribution is 0.0504. The summed E-state index contributed by atoms with van der Waals surface area (Å²) in [6, 6.07) is 5.66. The van der Waals surface area contributed by atoms with Gasteiger partial charge in [-0.1, -0.05) is 11.3 Å². The molecule has 4 heterocycles. The van der Waals surface area contributed by atoms with Gasteiger partial charge in [0.1, 0.15) is 5.69 Å². The fraction of sp³-hybridized carbons (Fsp3) is 0.471. The van der Waals surface area contributed by atoms with Gasteiger partial charge in [-0.05, 0) is 44.0 Å². The number of rotatable bonds is 3. The zero-order valence-electron chi connectivity index (χ0n) is 13.7. The number of piperidine rings is 3. The van der Waals surface area contributed by atoms with Gasteiger partial charge in [-0.3, -0.25) is 0 Å². The standard InChI is InChI=1S/C17H21N5O2/c1-24-17(23)13-8-12(2-3-14(13)18)15-9-22(20-19-15)16-10-21-6-4-11(16)5-7-21/h2-3,8-9,11,16H,4-7,10,18H2,1H3. The second-order valence-electron chi connectivity index (χ2n) is 6.58. The Morgan fingerprint density at radius 2 is 2.12 bits per heavy atom. The first-order valence-electron chi connectivity index (χ1n) is 8.28. The van der Waals surface area contributed by atoms with E-state index in [9.17, 15) is 4.79 Å². The summed E-state index contributed by atoms with van der Waals surface area (Å²) in [6.45, 7) is 3.44. The average molecular weight is 327 g/mol. The molecule has 24 heavy (non-hydrogen) atoms. The van der Waals surface area contributed by atoms with Crippen LogP contribution in [0.5, 0.6) is 0 Å². The van der Waals surface area contributed by atoms with Crippen molar-refractivity contribution in [1.82, 2.24) is 19.9 Å². The number of nitrogen functional groups attached to an aromatic ring is 1. The lowest BCUT2D eigenvalue weighted by atomic mass is 9.84. The molecule has 2 bridgehead atoms. The highest BCUT2D eigenvalue weighted by Gasteiger charge is 2.35. The van der Waals surface area contributed by atoms with Gasteiger partial charge in [0.25, 0.3) is 0 Å². The Kier molecular flexibility index (Phi) is 3.72. The van der Waals surface area contributed by atoms with Crippen LogP contribution in [-0.4, -0.2) is 52.6 Å². The maximum Gasteiger partial charge on any atom is 0.339 e. The van der Waals surface area contributed by atoms with Crippen LogP contribution in [0.1, 0.15) is 29.2 Å². The van der Waals surface area contributed by atoms with Crippen molar-refractivity contribution in [2.75, 3.05) is 32.5 Å². The molecule has 126 valence electrons. The van der Waals surface area contributed by atoms with Gasteiger partial charge in [-0.2, -0.15) is 0 Å². The van der Waals surface area contributed by atoms with E-state index in [0.717, 1.165) is 17.8 Å². The van der Waals surface area contributed by atoms with Crippen molar-refractivity contribution in [3.05, 3.63) is 30.0 Å². The molecule has 1 atom stereocenters. The van der Waals surface area contributed by atoms with Crippen molar-refractivity contribution in [3.63, 3.8) is 0 Å². The zero-order valence-corrected chi connectivity index (χ0v) is 13.7. The van der Waals surface area contributed by atoms with E-state index in [1.165, 1.54) is 33.0 Å². The molecule has 2 aromatic rings. The summed E-state index contributed by atoms with van der Waals surface area (Å²) in [4.78, 5) is 14.3. The Balaban J connectivity index is 1.62. The van der Waals surface area contributed by atoms with Gasteiger partial charge in [0, 0.05) is 17.8 Å². The van der Waals surface area contributed by atoms with Crippen LogP contribution in [0, 0.1) is 5.92 Å². The van der Waals surface area contributed by atoms with Crippen LogP contribution < -0.4 is 5.73 Å².